The molecule has 0 aliphatic carbocycles. The van der Waals surface area contributed by atoms with E-state index in [2.05, 4.69) is 0 Å². The number of alkyl halides is 3. The molecule has 0 aliphatic heterocycles. The van der Waals surface area contributed by atoms with Gasteiger partial charge in [0.25, 0.3) is 0 Å². The molecule has 5 heteroatoms. The van der Waals surface area contributed by atoms with Crippen LogP contribution in [-0.4, -0.2) is 31.5 Å². The predicted molar refractivity (Wildman–Crippen MR) is 26.4 cm³/mol. The lowest BCUT2D eigenvalue weighted by Gasteiger charge is -2.33. The molecule has 0 saturated carbocycles. The Morgan fingerprint density at radius 1 is 1.33 bits per heavy atom. The van der Waals surface area contributed by atoms with E-state index in [0.29, 0.717) is 0 Å². The van der Waals surface area contributed by atoms with Crippen molar-refractivity contribution in [3.8, 4) is 0 Å². The van der Waals surface area contributed by atoms with Gasteiger partial charge in [-0.3, -0.25) is 0 Å². The molecule has 0 atom stereocenters. The van der Waals surface area contributed by atoms with Gasteiger partial charge in [0.2, 0.25) is 0 Å². The van der Waals surface area contributed by atoms with E-state index in [1.807, 2.05) is 0 Å². The molecule has 0 saturated heterocycles. The molecule has 56 valence electrons. The summed E-state index contributed by atoms with van der Waals surface area (Å²) in [6.07, 6.45) is -4.36. The molecule has 0 N–H and O–H groups in total. The first-order valence-electron chi connectivity index (χ1n) is 2.31. The molecular weight excluding hydrogens is 135 g/mol. The molecule has 0 aromatic heterocycles. The van der Waals surface area contributed by atoms with Crippen LogP contribution >= 0.6 is 0 Å². The van der Waals surface area contributed by atoms with E-state index in [4.69, 9.17) is 0 Å². The van der Waals surface area contributed by atoms with Crippen molar-refractivity contribution in [2.75, 3.05) is 20.6 Å². The molecule has 0 radical (unpaired) electrons. The van der Waals surface area contributed by atoms with Crippen molar-refractivity contribution >= 4 is 0 Å². The molecular formula is C4H8F3NO. The first kappa shape index (κ1) is 8.71. The molecule has 0 unspecified atom stereocenters. The van der Waals surface area contributed by atoms with Crippen molar-refractivity contribution < 1.29 is 17.8 Å². The Hall–Kier alpha value is -0.290. The van der Waals surface area contributed by atoms with E-state index in [9.17, 15) is 18.4 Å². The van der Waals surface area contributed by atoms with Gasteiger partial charge in [-0.1, -0.05) is 0 Å². The maximum atomic E-state index is 11.3. The maximum absolute atomic E-state index is 11.3. The SMILES string of the molecule is C[N+](C)([O-])CC(F)(F)F. The highest BCUT2D eigenvalue weighted by molar-refractivity contribution is 4.45. The molecule has 0 rings (SSSR count). The fraction of sp³-hybridized carbons (Fsp3) is 1.00. The predicted octanol–water partition coefficient (Wildman–Crippen LogP) is 1.12. The van der Waals surface area contributed by atoms with Crippen LogP contribution in [0.1, 0.15) is 0 Å². The molecule has 0 spiro atoms. The van der Waals surface area contributed by atoms with Crippen molar-refractivity contribution in [1.82, 2.24) is 0 Å². The average Bonchev–Trinajstić information content (AvgIpc) is 1.14. The highest BCUT2D eigenvalue weighted by atomic mass is 19.4. The summed E-state index contributed by atoms with van der Waals surface area (Å²) in [5.74, 6) is 0. The zero-order chi connectivity index (χ0) is 7.71. The van der Waals surface area contributed by atoms with Crippen LogP contribution in [-0.2, 0) is 0 Å². The van der Waals surface area contributed by atoms with Gasteiger partial charge in [-0.15, -0.1) is 0 Å². The minimum absolute atomic E-state index is 0.952. The highest BCUT2D eigenvalue weighted by Gasteiger charge is 2.33. The van der Waals surface area contributed by atoms with Gasteiger partial charge in [0, 0.05) is 0 Å². The second-order valence-electron chi connectivity index (χ2n) is 2.35. The number of quaternary nitrogens is 1. The third-order valence-corrected chi connectivity index (χ3v) is 0.560. The van der Waals surface area contributed by atoms with Crippen LogP contribution < -0.4 is 0 Å². The van der Waals surface area contributed by atoms with Gasteiger partial charge in [0.05, 0.1) is 14.1 Å². The summed E-state index contributed by atoms with van der Waals surface area (Å²) in [5, 5.41) is 10.3. The number of rotatable bonds is 1. The lowest BCUT2D eigenvalue weighted by atomic mass is 10.6. The third-order valence-electron chi connectivity index (χ3n) is 0.560. The lowest BCUT2D eigenvalue weighted by molar-refractivity contribution is -0.851. The Morgan fingerprint density at radius 3 is 1.67 bits per heavy atom. The van der Waals surface area contributed by atoms with Crippen LogP contribution in [0.5, 0.6) is 0 Å². The Labute approximate surface area is 51.0 Å². The van der Waals surface area contributed by atoms with Gasteiger partial charge < -0.3 is 9.85 Å². The van der Waals surface area contributed by atoms with Gasteiger partial charge in [0.1, 0.15) is 0 Å². The molecule has 0 aliphatic rings. The summed E-state index contributed by atoms with van der Waals surface area (Å²) in [6.45, 7) is -1.33. The molecule has 0 aromatic rings. The van der Waals surface area contributed by atoms with Gasteiger partial charge in [-0.25, -0.2) is 0 Å². The Bertz CT molecular complexity index is 81.0. The van der Waals surface area contributed by atoms with Gasteiger partial charge in [-0.2, -0.15) is 13.2 Å². The minimum atomic E-state index is -4.36. The number of nitrogens with zero attached hydrogens (tertiary/aromatic N) is 1. The molecule has 0 fully saturated rings. The van der Waals surface area contributed by atoms with Crippen LogP contribution in [0.25, 0.3) is 0 Å². The van der Waals surface area contributed by atoms with E-state index >= 15 is 0 Å². The van der Waals surface area contributed by atoms with E-state index in [0.717, 1.165) is 14.1 Å². The summed E-state index contributed by atoms with van der Waals surface area (Å²) in [7, 11) is 1.90. The standard InChI is InChI=1S/C4H8F3NO/c1-8(2,9)3-4(5,6)7/h3H2,1-2H3. The van der Waals surface area contributed by atoms with Crippen molar-refractivity contribution in [2.45, 2.75) is 6.18 Å². The summed E-state index contributed by atoms with van der Waals surface area (Å²) < 4.78 is 32.7. The topological polar surface area (TPSA) is 23.1 Å². The fourth-order valence-electron chi connectivity index (χ4n) is 0.432. The number of hydroxylamine groups is 3. The highest BCUT2D eigenvalue weighted by Crippen LogP contribution is 2.17. The van der Waals surface area contributed by atoms with Crippen LogP contribution in [0, 0.1) is 5.21 Å². The second kappa shape index (κ2) is 2.15. The van der Waals surface area contributed by atoms with Crippen LogP contribution in [0.15, 0.2) is 0 Å². The molecule has 2 nitrogen and oxygen atoms in total. The summed E-state index contributed by atoms with van der Waals surface area (Å²) in [5.41, 5.74) is 0. The van der Waals surface area contributed by atoms with E-state index in [-0.39, 0.29) is 0 Å². The normalized spacial score (nSPS) is 14.0. The van der Waals surface area contributed by atoms with Crippen LogP contribution in [0.2, 0.25) is 0 Å². The summed E-state index contributed by atoms with van der Waals surface area (Å²) in [4.78, 5) is 0. The Morgan fingerprint density at radius 2 is 1.67 bits per heavy atom. The fourth-order valence-corrected chi connectivity index (χ4v) is 0.432. The third kappa shape index (κ3) is 7.71. The summed E-state index contributed by atoms with van der Waals surface area (Å²) in [6, 6.07) is 0. The van der Waals surface area contributed by atoms with Crippen LogP contribution in [0.4, 0.5) is 13.2 Å². The molecule has 0 heterocycles. The van der Waals surface area contributed by atoms with Gasteiger partial charge in [-0.05, 0) is 0 Å². The van der Waals surface area contributed by atoms with Crippen molar-refractivity contribution in [1.29, 1.82) is 0 Å². The molecule has 0 bridgehead atoms. The second-order valence-corrected chi connectivity index (χ2v) is 2.35. The maximum Gasteiger partial charge on any atom is 0.438 e. The summed E-state index contributed by atoms with van der Waals surface area (Å²) >= 11 is 0. The molecule has 0 aromatic carbocycles. The van der Waals surface area contributed by atoms with E-state index in [1.54, 1.807) is 0 Å². The quantitative estimate of drug-likeness (QED) is 0.398. The first-order valence-corrected chi connectivity index (χ1v) is 2.31. The molecule has 0 amide bonds. The monoisotopic (exact) mass is 143 g/mol. The van der Waals surface area contributed by atoms with E-state index in [1.165, 1.54) is 0 Å². The first-order chi connectivity index (χ1) is 3.71. The smallest absolute Gasteiger partial charge is 0.438 e. The Balaban J connectivity index is 3.75. The number of hydrogen-bond acceptors (Lipinski definition) is 1. The Kier molecular flexibility index (Phi) is 2.08. The van der Waals surface area contributed by atoms with E-state index < -0.39 is 17.4 Å². The number of halogens is 3. The van der Waals surface area contributed by atoms with Crippen molar-refractivity contribution in [3.63, 3.8) is 0 Å². The van der Waals surface area contributed by atoms with Crippen molar-refractivity contribution in [2.24, 2.45) is 0 Å². The van der Waals surface area contributed by atoms with Gasteiger partial charge >= 0.3 is 6.18 Å². The minimum Gasteiger partial charge on any atom is -0.633 e. The lowest BCUT2D eigenvalue weighted by Crippen LogP contribution is -2.41. The average molecular weight is 143 g/mol. The van der Waals surface area contributed by atoms with Crippen molar-refractivity contribution in [3.05, 3.63) is 5.21 Å². The molecule has 9 heavy (non-hydrogen) atoms. The zero-order valence-corrected chi connectivity index (χ0v) is 5.20. The van der Waals surface area contributed by atoms with Gasteiger partial charge in [0.15, 0.2) is 6.54 Å². The van der Waals surface area contributed by atoms with Crippen LogP contribution in [0.3, 0.4) is 0 Å². The largest absolute Gasteiger partial charge is 0.633 e. The number of hydrogen-bond donors (Lipinski definition) is 0. The zero-order valence-electron chi connectivity index (χ0n) is 5.20.